The lowest BCUT2D eigenvalue weighted by molar-refractivity contribution is -0.138. The van der Waals surface area contributed by atoms with E-state index in [2.05, 4.69) is 5.32 Å². The maximum absolute atomic E-state index is 13.0. The summed E-state index contributed by atoms with van der Waals surface area (Å²) in [6.45, 7) is -1.24. The summed E-state index contributed by atoms with van der Waals surface area (Å²) in [6.07, 6.45) is 0. The zero-order valence-electron chi connectivity index (χ0n) is 10.8. The highest BCUT2D eigenvalue weighted by molar-refractivity contribution is 6.31. The van der Waals surface area contributed by atoms with Crippen molar-refractivity contribution in [2.24, 2.45) is 5.73 Å². The molecule has 0 spiro atoms. The van der Waals surface area contributed by atoms with Crippen molar-refractivity contribution in [3.05, 3.63) is 29.0 Å². The first-order chi connectivity index (χ1) is 9.77. The van der Waals surface area contributed by atoms with Crippen molar-refractivity contribution >= 4 is 35.1 Å². The maximum Gasteiger partial charge on any atom is 0.317 e. The van der Waals surface area contributed by atoms with Crippen LogP contribution in [0.2, 0.25) is 5.02 Å². The molecule has 0 heterocycles. The zero-order valence-corrected chi connectivity index (χ0v) is 11.6. The first-order valence-corrected chi connectivity index (χ1v) is 6.13. The summed E-state index contributed by atoms with van der Waals surface area (Å²) in [5.41, 5.74) is 5.22. The van der Waals surface area contributed by atoms with Crippen molar-refractivity contribution in [1.82, 2.24) is 4.90 Å². The average Bonchev–Trinajstić information content (AvgIpc) is 2.31. The molecule has 21 heavy (non-hydrogen) atoms. The van der Waals surface area contributed by atoms with Gasteiger partial charge < -0.3 is 16.2 Å². The number of hydrogen-bond donors (Lipinski definition) is 3. The van der Waals surface area contributed by atoms with Gasteiger partial charge in [-0.15, -0.1) is 0 Å². The Labute approximate surface area is 124 Å². The number of primary amides is 1. The van der Waals surface area contributed by atoms with Crippen molar-refractivity contribution in [1.29, 1.82) is 0 Å². The third kappa shape index (κ3) is 6.19. The molecule has 4 N–H and O–H groups in total. The minimum absolute atomic E-state index is 0.160. The maximum atomic E-state index is 13.0. The first-order valence-electron chi connectivity index (χ1n) is 5.75. The fourth-order valence-electron chi connectivity index (χ4n) is 1.56. The topological polar surface area (TPSA) is 113 Å². The monoisotopic (exact) mass is 317 g/mol. The molecule has 0 atom stereocenters. The van der Waals surface area contributed by atoms with Gasteiger partial charge in [0.15, 0.2) is 0 Å². The molecule has 0 fully saturated rings. The van der Waals surface area contributed by atoms with Crippen molar-refractivity contribution in [2.45, 2.75) is 0 Å². The summed E-state index contributed by atoms with van der Waals surface area (Å²) in [4.78, 5) is 34.2. The first kappa shape index (κ1) is 16.9. The second-order valence-electron chi connectivity index (χ2n) is 4.18. The van der Waals surface area contributed by atoms with Gasteiger partial charge in [0.1, 0.15) is 5.82 Å². The Morgan fingerprint density at radius 2 is 1.95 bits per heavy atom. The number of hydrogen-bond acceptors (Lipinski definition) is 4. The van der Waals surface area contributed by atoms with E-state index in [4.69, 9.17) is 22.4 Å². The van der Waals surface area contributed by atoms with E-state index in [0.29, 0.717) is 0 Å². The van der Waals surface area contributed by atoms with E-state index in [9.17, 15) is 18.8 Å². The highest BCUT2D eigenvalue weighted by atomic mass is 35.5. The fourth-order valence-corrected chi connectivity index (χ4v) is 1.74. The summed E-state index contributed by atoms with van der Waals surface area (Å²) >= 11 is 5.57. The molecule has 9 heteroatoms. The molecule has 0 saturated heterocycles. The van der Waals surface area contributed by atoms with Crippen LogP contribution in [0.5, 0.6) is 0 Å². The number of amides is 2. The molecule has 2 amide bonds. The number of carboxylic acids is 1. The van der Waals surface area contributed by atoms with E-state index in [1.807, 2.05) is 0 Å². The van der Waals surface area contributed by atoms with Crippen molar-refractivity contribution in [3.8, 4) is 0 Å². The number of benzene rings is 1. The predicted molar refractivity (Wildman–Crippen MR) is 73.3 cm³/mol. The van der Waals surface area contributed by atoms with E-state index >= 15 is 0 Å². The summed E-state index contributed by atoms with van der Waals surface area (Å²) in [5, 5.41) is 10.9. The van der Waals surface area contributed by atoms with Crippen LogP contribution in [0.15, 0.2) is 18.2 Å². The van der Waals surface area contributed by atoms with E-state index < -0.39 is 30.1 Å². The van der Waals surface area contributed by atoms with E-state index in [1.54, 1.807) is 0 Å². The molecule has 1 aromatic carbocycles. The van der Waals surface area contributed by atoms with Gasteiger partial charge in [-0.1, -0.05) is 11.6 Å². The molecule has 0 bridgehead atoms. The van der Waals surface area contributed by atoms with Gasteiger partial charge in [-0.25, -0.2) is 4.39 Å². The van der Waals surface area contributed by atoms with Crippen molar-refractivity contribution in [3.63, 3.8) is 0 Å². The van der Waals surface area contributed by atoms with Gasteiger partial charge >= 0.3 is 5.97 Å². The number of rotatable bonds is 7. The number of carbonyl (C=O) groups is 3. The molecular weight excluding hydrogens is 305 g/mol. The molecule has 0 radical (unpaired) electrons. The number of carbonyl (C=O) groups excluding carboxylic acids is 2. The van der Waals surface area contributed by atoms with Crippen LogP contribution in [0.1, 0.15) is 0 Å². The fraction of sp³-hybridized carbons (Fsp3) is 0.250. The second-order valence-corrected chi connectivity index (χ2v) is 4.59. The molecule has 0 aromatic heterocycles. The van der Waals surface area contributed by atoms with Gasteiger partial charge in [0, 0.05) is 5.69 Å². The van der Waals surface area contributed by atoms with Crippen LogP contribution < -0.4 is 11.1 Å². The van der Waals surface area contributed by atoms with Gasteiger partial charge in [-0.3, -0.25) is 19.3 Å². The second kappa shape index (κ2) is 7.55. The predicted octanol–water partition coefficient (Wildman–Crippen LogP) is 0.289. The van der Waals surface area contributed by atoms with Gasteiger partial charge in [-0.2, -0.15) is 0 Å². The number of anilines is 1. The molecule has 0 unspecified atom stereocenters. The highest BCUT2D eigenvalue weighted by Crippen LogP contribution is 2.19. The molecule has 114 valence electrons. The van der Waals surface area contributed by atoms with Crippen molar-refractivity contribution in [2.75, 3.05) is 25.0 Å². The zero-order chi connectivity index (χ0) is 16.0. The minimum atomic E-state index is -1.20. The van der Waals surface area contributed by atoms with Crippen LogP contribution in [0.4, 0.5) is 10.1 Å². The third-order valence-electron chi connectivity index (χ3n) is 2.31. The molecule has 0 aliphatic carbocycles. The Kier molecular flexibility index (Phi) is 6.07. The normalized spacial score (nSPS) is 10.4. The van der Waals surface area contributed by atoms with E-state index in [1.165, 1.54) is 12.1 Å². The SMILES string of the molecule is NC(=O)CN(CC(=O)O)CC(=O)Nc1ccc(F)c(Cl)c1. The number of nitrogens with zero attached hydrogens (tertiary/aromatic N) is 1. The molecule has 1 rings (SSSR count). The largest absolute Gasteiger partial charge is 0.480 e. The quantitative estimate of drug-likeness (QED) is 0.669. The molecular formula is C12H13ClFN3O4. The van der Waals surface area contributed by atoms with Gasteiger partial charge in [0.25, 0.3) is 0 Å². The summed E-state index contributed by atoms with van der Waals surface area (Å²) in [6, 6.07) is 3.59. The lowest BCUT2D eigenvalue weighted by atomic mass is 10.3. The molecule has 7 nitrogen and oxygen atoms in total. The number of carboxylic acid groups (broad SMARTS) is 1. The van der Waals surface area contributed by atoms with E-state index in [-0.39, 0.29) is 23.8 Å². The number of aliphatic carboxylic acids is 1. The molecule has 0 aliphatic heterocycles. The molecule has 0 saturated carbocycles. The van der Waals surface area contributed by atoms with Gasteiger partial charge in [0.2, 0.25) is 11.8 Å². The summed E-state index contributed by atoms with van der Waals surface area (Å²) in [7, 11) is 0. The summed E-state index contributed by atoms with van der Waals surface area (Å²) < 4.78 is 13.0. The number of nitrogens with two attached hydrogens (primary N) is 1. The number of halogens is 2. The van der Waals surface area contributed by atoms with Crippen LogP contribution >= 0.6 is 11.6 Å². The third-order valence-corrected chi connectivity index (χ3v) is 2.60. The highest BCUT2D eigenvalue weighted by Gasteiger charge is 2.16. The molecule has 1 aromatic rings. The molecule has 0 aliphatic rings. The average molecular weight is 318 g/mol. The Hall–Kier alpha value is -2.19. The van der Waals surface area contributed by atoms with Crippen LogP contribution in [-0.4, -0.2) is 47.4 Å². The van der Waals surface area contributed by atoms with Crippen LogP contribution in [0, 0.1) is 5.82 Å². The lowest BCUT2D eigenvalue weighted by Crippen LogP contribution is -2.41. The van der Waals surface area contributed by atoms with Crippen molar-refractivity contribution < 1.29 is 23.9 Å². The Bertz CT molecular complexity index is 551. The number of nitrogens with one attached hydrogen (secondary N) is 1. The smallest absolute Gasteiger partial charge is 0.317 e. The minimum Gasteiger partial charge on any atom is -0.480 e. The van der Waals surface area contributed by atoms with Gasteiger partial charge in [0.05, 0.1) is 24.7 Å². The van der Waals surface area contributed by atoms with Crippen LogP contribution in [0.25, 0.3) is 0 Å². The lowest BCUT2D eigenvalue weighted by Gasteiger charge is -2.17. The standard InChI is InChI=1S/C12H13ClFN3O4/c13-8-3-7(1-2-9(8)14)16-11(19)5-17(4-10(15)18)6-12(20)21/h1-3H,4-6H2,(H2,15,18)(H,16,19)(H,20,21). The van der Waals surface area contributed by atoms with Crippen LogP contribution in [0.3, 0.4) is 0 Å². The van der Waals surface area contributed by atoms with E-state index in [0.717, 1.165) is 11.0 Å². The summed E-state index contributed by atoms with van der Waals surface area (Å²) in [5.74, 6) is -3.17. The Morgan fingerprint density at radius 1 is 1.29 bits per heavy atom. The Balaban J connectivity index is 2.66. The van der Waals surface area contributed by atoms with Gasteiger partial charge in [-0.05, 0) is 18.2 Å². The van der Waals surface area contributed by atoms with Crippen LogP contribution in [-0.2, 0) is 14.4 Å². The Morgan fingerprint density at radius 3 is 2.48 bits per heavy atom.